The molecule has 0 aromatic heterocycles. The van der Waals surface area contributed by atoms with E-state index in [1.165, 1.54) is 32.1 Å². The molecular formula is C9H18ClN3. The van der Waals surface area contributed by atoms with Gasteiger partial charge in [-0.2, -0.15) is 0 Å². The van der Waals surface area contributed by atoms with E-state index in [-0.39, 0.29) is 12.4 Å². The molecule has 1 aliphatic carbocycles. The molecule has 0 bridgehead atoms. The van der Waals surface area contributed by atoms with Crippen molar-refractivity contribution in [1.82, 2.24) is 5.32 Å². The Morgan fingerprint density at radius 1 is 1.23 bits per heavy atom. The number of halogens is 1. The molecule has 2 aliphatic rings. The largest absolute Gasteiger partial charge is 0.370 e. The zero-order valence-corrected chi connectivity index (χ0v) is 8.65. The second-order valence-corrected chi connectivity index (χ2v) is 3.85. The third-order valence-electron chi connectivity index (χ3n) is 3.02. The maximum absolute atomic E-state index is 5.63. The molecule has 1 saturated carbocycles. The molecule has 0 spiro atoms. The van der Waals surface area contributed by atoms with Crippen molar-refractivity contribution in [2.45, 2.75) is 38.1 Å². The summed E-state index contributed by atoms with van der Waals surface area (Å²) in [5, 5.41) is 3.29. The van der Waals surface area contributed by atoms with Gasteiger partial charge in [-0.15, -0.1) is 12.4 Å². The second kappa shape index (κ2) is 4.70. The van der Waals surface area contributed by atoms with Crippen molar-refractivity contribution in [1.29, 1.82) is 0 Å². The first-order chi connectivity index (χ1) is 5.86. The number of nitrogens with zero attached hydrogens (tertiary/aromatic N) is 1. The van der Waals surface area contributed by atoms with Crippen LogP contribution < -0.4 is 11.1 Å². The standard InChI is InChI=1S/C9H17N3.ClH/c10-9-11-6-5-8(12-9)7-3-1-2-4-7;/h7-8H,1-6H2,(H3,10,11,12);1H. The van der Waals surface area contributed by atoms with E-state index in [9.17, 15) is 0 Å². The van der Waals surface area contributed by atoms with E-state index in [1.807, 2.05) is 0 Å². The number of aliphatic imine (C=N–C) groups is 1. The van der Waals surface area contributed by atoms with Gasteiger partial charge < -0.3 is 11.1 Å². The number of guanidine groups is 1. The molecule has 0 aromatic carbocycles. The lowest BCUT2D eigenvalue weighted by Crippen LogP contribution is -2.46. The van der Waals surface area contributed by atoms with Crippen molar-refractivity contribution in [2.75, 3.05) is 6.54 Å². The van der Waals surface area contributed by atoms with Gasteiger partial charge in [-0.3, -0.25) is 4.99 Å². The lowest BCUT2D eigenvalue weighted by molar-refractivity contribution is 0.372. The Bertz CT molecular complexity index is 187. The topological polar surface area (TPSA) is 50.4 Å². The van der Waals surface area contributed by atoms with E-state index in [2.05, 4.69) is 10.3 Å². The van der Waals surface area contributed by atoms with Gasteiger partial charge in [-0.1, -0.05) is 12.8 Å². The molecule has 76 valence electrons. The van der Waals surface area contributed by atoms with Crippen molar-refractivity contribution >= 4 is 18.4 Å². The summed E-state index contributed by atoms with van der Waals surface area (Å²) in [6.45, 7) is 0.917. The number of hydrogen-bond acceptors (Lipinski definition) is 3. The Balaban J connectivity index is 0.000000845. The SMILES string of the molecule is Cl.NC1=NCCC(C2CCCC2)N1. The molecule has 0 aromatic rings. The molecule has 0 radical (unpaired) electrons. The van der Waals surface area contributed by atoms with Gasteiger partial charge in [-0.05, 0) is 25.2 Å². The average Bonchev–Trinajstić information content (AvgIpc) is 2.56. The first kappa shape index (κ1) is 10.6. The van der Waals surface area contributed by atoms with Crippen LogP contribution in [0, 0.1) is 5.92 Å². The van der Waals surface area contributed by atoms with Crippen molar-refractivity contribution in [2.24, 2.45) is 16.6 Å². The maximum atomic E-state index is 5.63. The Labute approximate surface area is 85.6 Å². The summed E-state index contributed by atoms with van der Waals surface area (Å²) in [6, 6.07) is 0.616. The highest BCUT2D eigenvalue weighted by molar-refractivity contribution is 5.85. The highest BCUT2D eigenvalue weighted by Gasteiger charge is 2.26. The number of nitrogens with two attached hydrogens (primary N) is 1. The molecule has 4 heteroatoms. The van der Waals surface area contributed by atoms with Crippen LogP contribution in [0.4, 0.5) is 0 Å². The van der Waals surface area contributed by atoms with E-state index in [0.29, 0.717) is 12.0 Å². The molecular weight excluding hydrogens is 186 g/mol. The van der Waals surface area contributed by atoms with Crippen LogP contribution in [0.5, 0.6) is 0 Å². The fourth-order valence-electron chi connectivity index (χ4n) is 2.35. The van der Waals surface area contributed by atoms with Gasteiger partial charge in [0, 0.05) is 12.6 Å². The van der Waals surface area contributed by atoms with Gasteiger partial charge in [0.2, 0.25) is 0 Å². The van der Waals surface area contributed by atoms with Crippen LogP contribution >= 0.6 is 12.4 Å². The minimum atomic E-state index is 0. The monoisotopic (exact) mass is 203 g/mol. The van der Waals surface area contributed by atoms with E-state index in [1.54, 1.807) is 0 Å². The lowest BCUT2D eigenvalue weighted by Gasteiger charge is -2.27. The molecule has 3 N–H and O–H groups in total. The van der Waals surface area contributed by atoms with E-state index >= 15 is 0 Å². The van der Waals surface area contributed by atoms with E-state index in [4.69, 9.17) is 5.73 Å². The predicted octanol–water partition coefficient (Wildman–Crippen LogP) is 1.27. The van der Waals surface area contributed by atoms with Crippen molar-refractivity contribution in [3.8, 4) is 0 Å². The fraction of sp³-hybridized carbons (Fsp3) is 0.889. The smallest absolute Gasteiger partial charge is 0.188 e. The Hall–Kier alpha value is -0.440. The predicted molar refractivity (Wildman–Crippen MR) is 57.2 cm³/mol. The second-order valence-electron chi connectivity index (χ2n) is 3.85. The molecule has 1 heterocycles. The van der Waals surface area contributed by atoms with Crippen molar-refractivity contribution < 1.29 is 0 Å². The number of hydrogen-bond donors (Lipinski definition) is 2. The number of nitrogens with one attached hydrogen (secondary N) is 1. The summed E-state index contributed by atoms with van der Waals surface area (Å²) in [4.78, 5) is 4.13. The molecule has 1 fully saturated rings. The summed E-state index contributed by atoms with van der Waals surface area (Å²) in [6.07, 6.45) is 6.74. The van der Waals surface area contributed by atoms with Gasteiger partial charge >= 0.3 is 0 Å². The van der Waals surface area contributed by atoms with Crippen molar-refractivity contribution in [3.63, 3.8) is 0 Å². The van der Waals surface area contributed by atoms with Gasteiger partial charge in [-0.25, -0.2) is 0 Å². The highest BCUT2D eigenvalue weighted by Crippen LogP contribution is 2.29. The molecule has 1 unspecified atom stereocenters. The third-order valence-corrected chi connectivity index (χ3v) is 3.02. The van der Waals surface area contributed by atoms with Crippen LogP contribution in [0.25, 0.3) is 0 Å². The molecule has 0 amide bonds. The summed E-state index contributed by atoms with van der Waals surface area (Å²) in [5.74, 6) is 1.51. The van der Waals surface area contributed by atoms with E-state index < -0.39 is 0 Å². The summed E-state index contributed by atoms with van der Waals surface area (Å²) in [5.41, 5.74) is 5.63. The molecule has 0 saturated heterocycles. The van der Waals surface area contributed by atoms with Crippen LogP contribution in [0.15, 0.2) is 4.99 Å². The Morgan fingerprint density at radius 2 is 1.92 bits per heavy atom. The summed E-state index contributed by atoms with van der Waals surface area (Å²) >= 11 is 0. The van der Waals surface area contributed by atoms with Crippen LogP contribution in [0.2, 0.25) is 0 Å². The van der Waals surface area contributed by atoms with Gasteiger partial charge in [0.25, 0.3) is 0 Å². The Morgan fingerprint density at radius 3 is 2.54 bits per heavy atom. The normalized spacial score (nSPS) is 28.9. The zero-order chi connectivity index (χ0) is 8.39. The van der Waals surface area contributed by atoms with Crippen molar-refractivity contribution in [3.05, 3.63) is 0 Å². The summed E-state index contributed by atoms with van der Waals surface area (Å²) in [7, 11) is 0. The van der Waals surface area contributed by atoms with Crippen LogP contribution in [-0.2, 0) is 0 Å². The zero-order valence-electron chi connectivity index (χ0n) is 7.83. The number of rotatable bonds is 1. The fourth-order valence-corrected chi connectivity index (χ4v) is 2.35. The minimum Gasteiger partial charge on any atom is -0.370 e. The molecule has 2 rings (SSSR count). The molecule has 1 atom stereocenters. The average molecular weight is 204 g/mol. The van der Waals surface area contributed by atoms with Crippen LogP contribution in [0.1, 0.15) is 32.1 Å². The first-order valence-electron chi connectivity index (χ1n) is 4.93. The minimum absolute atomic E-state index is 0. The molecule has 3 nitrogen and oxygen atoms in total. The van der Waals surface area contributed by atoms with Crippen LogP contribution in [0.3, 0.4) is 0 Å². The first-order valence-corrected chi connectivity index (χ1v) is 4.93. The van der Waals surface area contributed by atoms with E-state index in [0.717, 1.165) is 12.5 Å². The quantitative estimate of drug-likeness (QED) is 0.675. The van der Waals surface area contributed by atoms with Gasteiger partial charge in [0.1, 0.15) is 0 Å². The van der Waals surface area contributed by atoms with Crippen LogP contribution in [-0.4, -0.2) is 18.5 Å². The van der Waals surface area contributed by atoms with Gasteiger partial charge in [0.15, 0.2) is 5.96 Å². The maximum Gasteiger partial charge on any atom is 0.188 e. The Kier molecular flexibility index (Phi) is 3.85. The van der Waals surface area contributed by atoms with Gasteiger partial charge in [0.05, 0.1) is 0 Å². The summed E-state index contributed by atoms with van der Waals surface area (Å²) < 4.78 is 0. The lowest BCUT2D eigenvalue weighted by atomic mass is 9.95. The highest BCUT2D eigenvalue weighted by atomic mass is 35.5. The third kappa shape index (κ3) is 2.50. The molecule has 13 heavy (non-hydrogen) atoms. The molecule has 1 aliphatic heterocycles.